The number of nitrogens with zero attached hydrogens (tertiary/aromatic N) is 3. The molecule has 0 radical (unpaired) electrons. The van der Waals surface area contributed by atoms with Gasteiger partial charge in [0.1, 0.15) is 5.82 Å². The van der Waals surface area contributed by atoms with Gasteiger partial charge in [0, 0.05) is 16.5 Å². The number of nitrogens with one attached hydrogen (secondary N) is 1. The van der Waals surface area contributed by atoms with E-state index in [0.29, 0.717) is 6.04 Å². The first kappa shape index (κ1) is 17.0. The lowest BCUT2D eigenvalue weighted by atomic mass is 9.96. The van der Waals surface area contributed by atoms with Crippen LogP contribution in [0.3, 0.4) is 0 Å². The quantitative estimate of drug-likeness (QED) is 0.911. The van der Waals surface area contributed by atoms with E-state index >= 15 is 0 Å². The summed E-state index contributed by atoms with van der Waals surface area (Å²) in [5, 5.41) is 8.14. The fourth-order valence-corrected chi connectivity index (χ4v) is 2.34. The Bertz CT molecular complexity index is 598. The van der Waals surface area contributed by atoms with Crippen molar-refractivity contribution < 1.29 is 0 Å². The minimum absolute atomic E-state index is 0.0256. The Labute approximate surface area is 137 Å². The number of hydrogen-bond acceptors (Lipinski definition) is 3. The third-order valence-electron chi connectivity index (χ3n) is 3.80. The lowest BCUT2D eigenvalue weighted by Gasteiger charge is -2.23. The van der Waals surface area contributed by atoms with E-state index < -0.39 is 0 Å². The molecule has 0 aliphatic rings. The van der Waals surface area contributed by atoms with Crippen LogP contribution in [0.1, 0.15) is 44.9 Å². The number of H-pyrrole nitrogens is 1. The molecule has 4 nitrogen and oxygen atoms in total. The fraction of sp³-hybridized carbons (Fsp3) is 0.529. The van der Waals surface area contributed by atoms with Crippen LogP contribution in [0.5, 0.6) is 0 Å². The Morgan fingerprint density at radius 2 is 1.86 bits per heavy atom. The molecule has 0 saturated heterocycles. The van der Waals surface area contributed by atoms with Gasteiger partial charge in [-0.25, -0.2) is 4.98 Å². The highest BCUT2D eigenvalue weighted by molar-refractivity contribution is 6.30. The molecule has 2 aromatic rings. The largest absolute Gasteiger partial charge is 0.296 e. The molecule has 0 saturated carbocycles. The Morgan fingerprint density at radius 1 is 1.23 bits per heavy atom. The topological polar surface area (TPSA) is 44.8 Å². The zero-order valence-electron chi connectivity index (χ0n) is 14.0. The molecule has 22 heavy (non-hydrogen) atoms. The van der Waals surface area contributed by atoms with Crippen molar-refractivity contribution in [3.63, 3.8) is 0 Å². The van der Waals surface area contributed by atoms with Crippen molar-refractivity contribution in [2.24, 2.45) is 0 Å². The van der Waals surface area contributed by atoms with Crippen LogP contribution < -0.4 is 0 Å². The number of rotatable bonds is 5. The van der Waals surface area contributed by atoms with Crippen LogP contribution in [-0.2, 0) is 18.4 Å². The average molecular weight is 321 g/mol. The minimum Gasteiger partial charge on any atom is -0.296 e. The van der Waals surface area contributed by atoms with Crippen molar-refractivity contribution in [2.45, 2.75) is 52.1 Å². The highest BCUT2D eigenvalue weighted by Crippen LogP contribution is 2.18. The Hall–Kier alpha value is -1.39. The van der Waals surface area contributed by atoms with Gasteiger partial charge < -0.3 is 0 Å². The van der Waals surface area contributed by atoms with Crippen molar-refractivity contribution in [3.05, 3.63) is 46.5 Å². The van der Waals surface area contributed by atoms with Crippen molar-refractivity contribution >= 4 is 11.6 Å². The molecule has 0 amide bonds. The van der Waals surface area contributed by atoms with Gasteiger partial charge in [-0.3, -0.25) is 10.00 Å². The molecule has 0 unspecified atom stereocenters. The first-order valence-corrected chi connectivity index (χ1v) is 8.00. The van der Waals surface area contributed by atoms with Gasteiger partial charge in [-0.1, -0.05) is 44.5 Å². The van der Waals surface area contributed by atoms with Crippen molar-refractivity contribution in [1.82, 2.24) is 20.1 Å². The van der Waals surface area contributed by atoms with Gasteiger partial charge in [-0.2, -0.15) is 5.10 Å². The number of halogens is 1. The molecule has 1 N–H and O–H groups in total. The average Bonchev–Trinajstić information content (AvgIpc) is 2.90. The molecule has 0 aliphatic carbocycles. The summed E-state index contributed by atoms with van der Waals surface area (Å²) in [6.07, 6.45) is 0.980. The normalized spacial score (nSPS) is 13.6. The van der Waals surface area contributed by atoms with E-state index in [-0.39, 0.29) is 5.41 Å². The number of likely N-dealkylation sites (N-methyl/N-ethyl adjacent to an activating group) is 1. The Kier molecular flexibility index (Phi) is 5.24. The van der Waals surface area contributed by atoms with Crippen LogP contribution >= 0.6 is 11.6 Å². The predicted molar refractivity (Wildman–Crippen MR) is 91.2 cm³/mol. The van der Waals surface area contributed by atoms with E-state index in [1.165, 1.54) is 5.56 Å². The van der Waals surface area contributed by atoms with E-state index in [9.17, 15) is 0 Å². The van der Waals surface area contributed by atoms with Crippen LogP contribution in [0.2, 0.25) is 5.02 Å². The van der Waals surface area contributed by atoms with E-state index in [1.54, 1.807) is 0 Å². The van der Waals surface area contributed by atoms with E-state index in [0.717, 1.165) is 29.6 Å². The molecule has 0 spiro atoms. The molecule has 1 atom stereocenters. The summed E-state index contributed by atoms with van der Waals surface area (Å²) in [6, 6.07) is 8.45. The number of aromatic nitrogens is 3. The summed E-state index contributed by atoms with van der Waals surface area (Å²) in [5.74, 6) is 1.77. The molecule has 120 valence electrons. The van der Waals surface area contributed by atoms with Gasteiger partial charge >= 0.3 is 0 Å². The smallest absolute Gasteiger partial charge is 0.156 e. The van der Waals surface area contributed by atoms with Gasteiger partial charge in [-0.05, 0) is 38.1 Å². The second-order valence-corrected chi connectivity index (χ2v) is 7.39. The molecular formula is C17H25ClN4. The summed E-state index contributed by atoms with van der Waals surface area (Å²) in [5.41, 5.74) is 1.26. The van der Waals surface area contributed by atoms with Gasteiger partial charge in [0.25, 0.3) is 0 Å². The van der Waals surface area contributed by atoms with Crippen molar-refractivity contribution in [3.8, 4) is 0 Å². The molecule has 1 aromatic carbocycles. The molecular weight excluding hydrogens is 296 g/mol. The molecule has 5 heteroatoms. The standard InChI is InChI=1S/C17H25ClN4/c1-12(10-13-6-8-14(18)9-7-13)22(5)11-15-19-16(21-20-15)17(2,3)4/h6-9,12H,10-11H2,1-5H3,(H,19,20,21)/t12-/m0/s1. The Balaban J connectivity index is 1.95. The van der Waals surface area contributed by atoms with Crippen LogP contribution in [0.4, 0.5) is 0 Å². The zero-order valence-corrected chi connectivity index (χ0v) is 14.8. The van der Waals surface area contributed by atoms with E-state index in [4.69, 9.17) is 11.6 Å². The van der Waals surface area contributed by atoms with Gasteiger partial charge in [0.05, 0.1) is 6.54 Å². The zero-order chi connectivity index (χ0) is 16.3. The number of benzene rings is 1. The molecule has 0 bridgehead atoms. The highest BCUT2D eigenvalue weighted by atomic mass is 35.5. The summed E-state index contributed by atoms with van der Waals surface area (Å²) in [7, 11) is 2.11. The minimum atomic E-state index is -0.0256. The van der Waals surface area contributed by atoms with Crippen molar-refractivity contribution in [2.75, 3.05) is 7.05 Å². The lowest BCUT2D eigenvalue weighted by Crippen LogP contribution is -2.30. The number of aromatic amines is 1. The van der Waals surface area contributed by atoms with Gasteiger partial charge in [0.2, 0.25) is 0 Å². The van der Waals surface area contributed by atoms with E-state index in [1.807, 2.05) is 12.1 Å². The van der Waals surface area contributed by atoms with Crippen LogP contribution in [-0.4, -0.2) is 33.2 Å². The second kappa shape index (κ2) is 6.80. The van der Waals surface area contributed by atoms with E-state index in [2.05, 4.69) is 67.0 Å². The summed E-state index contributed by atoms with van der Waals surface area (Å²) in [4.78, 5) is 6.88. The van der Waals surface area contributed by atoms with Gasteiger partial charge in [0.15, 0.2) is 5.82 Å². The molecule has 0 aliphatic heterocycles. The summed E-state index contributed by atoms with van der Waals surface area (Å²) >= 11 is 5.93. The van der Waals surface area contributed by atoms with Gasteiger partial charge in [-0.15, -0.1) is 0 Å². The monoisotopic (exact) mass is 320 g/mol. The predicted octanol–water partition coefficient (Wildman–Crippen LogP) is 3.82. The van der Waals surface area contributed by atoms with Crippen LogP contribution in [0.15, 0.2) is 24.3 Å². The van der Waals surface area contributed by atoms with Crippen LogP contribution in [0, 0.1) is 0 Å². The molecule has 0 fully saturated rings. The van der Waals surface area contributed by atoms with Crippen molar-refractivity contribution in [1.29, 1.82) is 0 Å². The summed E-state index contributed by atoms with van der Waals surface area (Å²) < 4.78 is 0. The molecule has 2 rings (SSSR count). The SMILES string of the molecule is C[C@@H](Cc1ccc(Cl)cc1)N(C)Cc1nc(C(C)(C)C)n[nH]1. The lowest BCUT2D eigenvalue weighted by molar-refractivity contribution is 0.242. The third-order valence-corrected chi connectivity index (χ3v) is 4.05. The maximum Gasteiger partial charge on any atom is 0.156 e. The first-order chi connectivity index (χ1) is 10.3. The number of hydrogen-bond donors (Lipinski definition) is 1. The van der Waals surface area contributed by atoms with Crippen LogP contribution in [0.25, 0.3) is 0 Å². The highest BCUT2D eigenvalue weighted by Gasteiger charge is 2.20. The molecule has 1 heterocycles. The fourth-order valence-electron chi connectivity index (χ4n) is 2.21. The second-order valence-electron chi connectivity index (χ2n) is 6.95. The summed E-state index contributed by atoms with van der Waals surface area (Å²) in [6.45, 7) is 9.33. The Morgan fingerprint density at radius 3 is 2.41 bits per heavy atom. The third kappa shape index (κ3) is 4.55. The maximum atomic E-state index is 5.93. The molecule has 1 aromatic heterocycles. The first-order valence-electron chi connectivity index (χ1n) is 7.62. The maximum absolute atomic E-state index is 5.93.